The average Bonchev–Trinajstić information content (AvgIpc) is 2.93. The van der Waals surface area contributed by atoms with Crippen LogP contribution in [0.2, 0.25) is 0 Å². The van der Waals surface area contributed by atoms with E-state index in [0.29, 0.717) is 12.8 Å². The predicted molar refractivity (Wildman–Crippen MR) is 79.2 cm³/mol. The number of rotatable bonds is 4. The number of carbonyl (C=O) groups excluding carboxylic acids is 2. The Morgan fingerprint density at radius 3 is 2.20 bits per heavy atom. The molecular formula is C16H28N2O2. The quantitative estimate of drug-likeness (QED) is 0.860. The highest BCUT2D eigenvalue weighted by atomic mass is 16.2. The summed E-state index contributed by atoms with van der Waals surface area (Å²) < 4.78 is 0. The van der Waals surface area contributed by atoms with E-state index in [9.17, 15) is 9.59 Å². The van der Waals surface area contributed by atoms with Crippen molar-refractivity contribution in [3.63, 3.8) is 0 Å². The van der Waals surface area contributed by atoms with Crippen LogP contribution in [0.5, 0.6) is 0 Å². The maximum atomic E-state index is 12.9. The van der Waals surface area contributed by atoms with Gasteiger partial charge in [0.05, 0.1) is 0 Å². The third-order valence-electron chi connectivity index (χ3n) is 5.20. The van der Waals surface area contributed by atoms with Crippen molar-refractivity contribution in [2.24, 2.45) is 5.92 Å². The van der Waals surface area contributed by atoms with E-state index in [2.05, 4.69) is 5.32 Å². The van der Waals surface area contributed by atoms with E-state index in [-0.39, 0.29) is 29.8 Å². The largest absolute Gasteiger partial charge is 0.342 e. The average molecular weight is 280 g/mol. The summed E-state index contributed by atoms with van der Waals surface area (Å²) in [7, 11) is 0. The monoisotopic (exact) mass is 280 g/mol. The predicted octanol–water partition coefficient (Wildman–Crippen LogP) is 2.47. The van der Waals surface area contributed by atoms with Gasteiger partial charge >= 0.3 is 0 Å². The Morgan fingerprint density at radius 1 is 1.20 bits per heavy atom. The Labute approximate surface area is 122 Å². The van der Waals surface area contributed by atoms with Gasteiger partial charge in [-0.2, -0.15) is 0 Å². The molecular weight excluding hydrogens is 252 g/mol. The molecule has 0 radical (unpaired) electrons. The fraction of sp³-hybridized carbons (Fsp3) is 0.875. The number of hydrogen-bond donors (Lipinski definition) is 1. The van der Waals surface area contributed by atoms with Gasteiger partial charge < -0.3 is 10.2 Å². The van der Waals surface area contributed by atoms with Crippen molar-refractivity contribution < 1.29 is 9.59 Å². The maximum absolute atomic E-state index is 12.9. The fourth-order valence-electron chi connectivity index (χ4n) is 3.86. The number of nitrogens with one attached hydrogen (secondary N) is 1. The van der Waals surface area contributed by atoms with Crippen LogP contribution in [0.1, 0.15) is 66.2 Å². The molecule has 0 aromatic carbocycles. The molecule has 4 heteroatoms. The summed E-state index contributed by atoms with van der Waals surface area (Å²) in [6.45, 7) is 8.04. The van der Waals surface area contributed by atoms with Gasteiger partial charge in [0.1, 0.15) is 11.6 Å². The van der Waals surface area contributed by atoms with E-state index in [1.165, 1.54) is 12.8 Å². The van der Waals surface area contributed by atoms with Gasteiger partial charge in [0.25, 0.3) is 0 Å². The molecule has 2 aliphatic rings. The minimum absolute atomic E-state index is 0.0488. The van der Waals surface area contributed by atoms with E-state index in [4.69, 9.17) is 0 Å². The molecule has 114 valence electrons. The van der Waals surface area contributed by atoms with Crippen molar-refractivity contribution in [2.45, 2.75) is 83.8 Å². The lowest BCUT2D eigenvalue weighted by Crippen LogP contribution is -2.73. The Kier molecular flexibility index (Phi) is 4.40. The molecule has 1 aliphatic heterocycles. The lowest BCUT2D eigenvalue weighted by atomic mass is 9.82. The Morgan fingerprint density at radius 2 is 1.75 bits per heavy atom. The van der Waals surface area contributed by atoms with Gasteiger partial charge in [-0.1, -0.05) is 40.5 Å². The van der Waals surface area contributed by atoms with Crippen molar-refractivity contribution in [1.29, 1.82) is 0 Å². The van der Waals surface area contributed by atoms with Gasteiger partial charge in [-0.05, 0) is 31.6 Å². The minimum atomic E-state index is -0.627. The summed E-state index contributed by atoms with van der Waals surface area (Å²) in [6, 6.07) is -0.0935. The van der Waals surface area contributed by atoms with Gasteiger partial charge in [0, 0.05) is 6.04 Å². The molecule has 2 rings (SSSR count). The van der Waals surface area contributed by atoms with Crippen molar-refractivity contribution in [1.82, 2.24) is 10.2 Å². The normalized spacial score (nSPS) is 27.2. The maximum Gasteiger partial charge on any atom is 0.246 e. The van der Waals surface area contributed by atoms with Gasteiger partial charge in [-0.15, -0.1) is 0 Å². The number of hydrogen-bond acceptors (Lipinski definition) is 2. The van der Waals surface area contributed by atoms with Crippen molar-refractivity contribution in [3.8, 4) is 0 Å². The summed E-state index contributed by atoms with van der Waals surface area (Å²) in [5.41, 5.74) is -0.627. The van der Waals surface area contributed by atoms with Crippen LogP contribution in [0.15, 0.2) is 0 Å². The smallest absolute Gasteiger partial charge is 0.246 e. The van der Waals surface area contributed by atoms with Crippen molar-refractivity contribution in [3.05, 3.63) is 0 Å². The van der Waals surface area contributed by atoms with E-state index < -0.39 is 5.54 Å². The van der Waals surface area contributed by atoms with Crippen molar-refractivity contribution >= 4 is 11.8 Å². The highest BCUT2D eigenvalue weighted by Crippen LogP contribution is 2.37. The molecule has 1 heterocycles. The van der Waals surface area contributed by atoms with E-state index >= 15 is 0 Å². The first-order valence-corrected chi connectivity index (χ1v) is 8.12. The van der Waals surface area contributed by atoms with Gasteiger partial charge in [-0.3, -0.25) is 9.59 Å². The van der Waals surface area contributed by atoms with Gasteiger partial charge in [-0.25, -0.2) is 0 Å². The Bertz CT molecular complexity index is 382. The number of piperazine rings is 1. The zero-order chi connectivity index (χ0) is 14.9. The van der Waals surface area contributed by atoms with E-state index in [0.717, 1.165) is 12.8 Å². The third kappa shape index (κ3) is 2.23. The topological polar surface area (TPSA) is 49.4 Å². The summed E-state index contributed by atoms with van der Waals surface area (Å²) in [6.07, 6.45) is 5.83. The molecule has 1 aliphatic carbocycles. The molecule has 0 aromatic heterocycles. The van der Waals surface area contributed by atoms with Crippen LogP contribution in [0.25, 0.3) is 0 Å². The van der Waals surface area contributed by atoms with Crippen LogP contribution >= 0.6 is 0 Å². The molecule has 1 saturated heterocycles. The summed E-state index contributed by atoms with van der Waals surface area (Å²) in [5.74, 6) is 0.324. The second-order valence-corrected chi connectivity index (χ2v) is 6.58. The molecule has 1 N–H and O–H groups in total. The zero-order valence-electron chi connectivity index (χ0n) is 13.2. The van der Waals surface area contributed by atoms with Crippen LogP contribution in [0.3, 0.4) is 0 Å². The Balaban J connectivity index is 2.40. The van der Waals surface area contributed by atoms with Crippen LogP contribution in [-0.4, -0.2) is 34.3 Å². The molecule has 0 aromatic rings. The molecule has 0 bridgehead atoms. The van der Waals surface area contributed by atoms with Crippen LogP contribution < -0.4 is 5.32 Å². The second-order valence-electron chi connectivity index (χ2n) is 6.58. The first-order valence-electron chi connectivity index (χ1n) is 8.12. The van der Waals surface area contributed by atoms with Crippen LogP contribution in [0.4, 0.5) is 0 Å². The number of carbonyl (C=O) groups is 2. The molecule has 2 amide bonds. The first-order chi connectivity index (χ1) is 9.47. The van der Waals surface area contributed by atoms with E-state index in [1.54, 1.807) is 0 Å². The lowest BCUT2D eigenvalue weighted by molar-refractivity contribution is -0.163. The molecule has 1 saturated carbocycles. The van der Waals surface area contributed by atoms with Gasteiger partial charge in [0.2, 0.25) is 11.8 Å². The molecule has 1 unspecified atom stereocenters. The SMILES string of the molecule is CCC1(CC)C(=O)NC(C(C)C)C(=O)N1C1CCCC1. The highest BCUT2D eigenvalue weighted by Gasteiger charge is 2.53. The number of amides is 2. The Hall–Kier alpha value is -1.06. The molecule has 20 heavy (non-hydrogen) atoms. The van der Waals surface area contributed by atoms with Crippen molar-refractivity contribution in [2.75, 3.05) is 0 Å². The molecule has 4 nitrogen and oxygen atoms in total. The van der Waals surface area contributed by atoms with Crippen LogP contribution in [0, 0.1) is 5.92 Å². The highest BCUT2D eigenvalue weighted by molar-refractivity contribution is 6.00. The van der Waals surface area contributed by atoms with E-state index in [1.807, 2.05) is 32.6 Å². The molecule has 2 fully saturated rings. The zero-order valence-corrected chi connectivity index (χ0v) is 13.2. The van der Waals surface area contributed by atoms with Crippen LogP contribution in [-0.2, 0) is 9.59 Å². The third-order valence-corrected chi connectivity index (χ3v) is 5.20. The summed E-state index contributed by atoms with van der Waals surface area (Å²) >= 11 is 0. The molecule has 1 atom stereocenters. The second kappa shape index (κ2) is 5.74. The first kappa shape index (κ1) is 15.3. The standard InChI is InChI=1S/C16H28N2O2/c1-5-16(6-2)15(20)17-13(11(3)4)14(19)18(16)12-9-7-8-10-12/h11-13H,5-10H2,1-4H3,(H,17,20). The fourth-order valence-corrected chi connectivity index (χ4v) is 3.86. The summed E-state index contributed by atoms with van der Waals surface area (Å²) in [4.78, 5) is 27.6. The molecule has 0 spiro atoms. The summed E-state index contributed by atoms with van der Waals surface area (Å²) in [5, 5.41) is 2.98. The minimum Gasteiger partial charge on any atom is -0.342 e. The number of nitrogens with zero attached hydrogens (tertiary/aromatic N) is 1. The lowest BCUT2D eigenvalue weighted by Gasteiger charge is -2.51. The van der Waals surface area contributed by atoms with Gasteiger partial charge in [0.15, 0.2) is 0 Å².